The third-order valence-electron chi connectivity index (χ3n) is 2.66. The van der Waals surface area contributed by atoms with E-state index in [0.29, 0.717) is 9.49 Å². The lowest BCUT2D eigenvalue weighted by Gasteiger charge is -2.40. The molecule has 0 atom stereocenters. The van der Waals surface area contributed by atoms with Crippen LogP contribution in [-0.4, -0.2) is 16.0 Å². The van der Waals surface area contributed by atoms with Crippen molar-refractivity contribution in [2.45, 2.75) is 62.4 Å². The van der Waals surface area contributed by atoms with Crippen LogP contribution in [0.15, 0.2) is 0 Å². The first-order valence-corrected chi connectivity index (χ1v) is 6.19. The quantitative estimate of drug-likeness (QED) is 0.742. The summed E-state index contributed by atoms with van der Waals surface area (Å²) in [7, 11) is 0. The molecule has 2 heteroatoms. The summed E-state index contributed by atoms with van der Waals surface area (Å²) in [6, 6.07) is 0. The minimum absolute atomic E-state index is 0.358. The Morgan fingerprint density at radius 3 is 2.08 bits per heavy atom. The topological polar surface area (TPSA) is 26.0 Å². The van der Waals surface area contributed by atoms with Gasteiger partial charge in [-0.1, -0.05) is 40.0 Å². The van der Waals surface area contributed by atoms with Gasteiger partial charge in [0.25, 0.3) is 0 Å². The summed E-state index contributed by atoms with van der Waals surface area (Å²) in [6.45, 7) is 7.74. The number of rotatable bonds is 2. The Labute approximate surface area is 86.8 Å². The molecule has 1 fully saturated rings. The maximum absolute atomic E-state index is 5.92. The van der Waals surface area contributed by atoms with Crippen LogP contribution in [0.2, 0.25) is 0 Å². The average Bonchev–Trinajstić information content (AvgIpc) is 2.03. The van der Waals surface area contributed by atoms with Gasteiger partial charge in [-0.2, -0.15) is 0 Å². The van der Waals surface area contributed by atoms with Crippen molar-refractivity contribution in [3.05, 3.63) is 0 Å². The van der Waals surface area contributed by atoms with Crippen LogP contribution in [-0.2, 0) is 0 Å². The minimum Gasteiger partial charge on any atom is -0.329 e. The monoisotopic (exact) mass is 201 g/mol. The standard InChI is InChI=1S/C11H23NS/c1-10(2,3)13-11(9-12)7-5-4-6-8-11/h4-9,12H2,1-3H3. The molecule has 1 aliphatic rings. The van der Waals surface area contributed by atoms with E-state index in [-0.39, 0.29) is 0 Å². The third-order valence-corrected chi connectivity index (χ3v) is 4.28. The van der Waals surface area contributed by atoms with Gasteiger partial charge in [-0.05, 0) is 12.8 Å². The van der Waals surface area contributed by atoms with Crippen molar-refractivity contribution in [3.63, 3.8) is 0 Å². The van der Waals surface area contributed by atoms with Gasteiger partial charge >= 0.3 is 0 Å². The fraction of sp³-hybridized carbons (Fsp3) is 1.00. The van der Waals surface area contributed by atoms with E-state index in [1.54, 1.807) is 0 Å². The highest BCUT2D eigenvalue weighted by molar-refractivity contribution is 8.02. The van der Waals surface area contributed by atoms with Crippen LogP contribution in [0.3, 0.4) is 0 Å². The van der Waals surface area contributed by atoms with Gasteiger partial charge < -0.3 is 5.73 Å². The number of hydrogen-bond acceptors (Lipinski definition) is 2. The lowest BCUT2D eigenvalue weighted by atomic mass is 9.88. The lowest BCUT2D eigenvalue weighted by molar-refractivity contribution is 0.400. The van der Waals surface area contributed by atoms with Crippen LogP contribution in [0.1, 0.15) is 52.9 Å². The normalized spacial score (nSPS) is 23.1. The van der Waals surface area contributed by atoms with E-state index in [1.165, 1.54) is 32.1 Å². The molecule has 0 aromatic heterocycles. The van der Waals surface area contributed by atoms with Crippen LogP contribution < -0.4 is 5.73 Å². The predicted octanol–water partition coefficient (Wildman–Crippen LogP) is 3.18. The summed E-state index contributed by atoms with van der Waals surface area (Å²) < 4.78 is 0.757. The number of thioether (sulfide) groups is 1. The Morgan fingerprint density at radius 2 is 1.69 bits per heavy atom. The highest BCUT2D eigenvalue weighted by Gasteiger charge is 2.35. The molecule has 1 aliphatic carbocycles. The van der Waals surface area contributed by atoms with Gasteiger partial charge in [0, 0.05) is 16.0 Å². The number of hydrogen-bond donors (Lipinski definition) is 1. The smallest absolute Gasteiger partial charge is 0.0287 e. The first-order chi connectivity index (χ1) is 5.97. The maximum Gasteiger partial charge on any atom is 0.0287 e. The Bertz CT molecular complexity index is 154. The van der Waals surface area contributed by atoms with E-state index >= 15 is 0 Å². The summed E-state index contributed by atoms with van der Waals surface area (Å²) in [5, 5.41) is 0. The summed E-state index contributed by atoms with van der Waals surface area (Å²) in [4.78, 5) is 0. The SMILES string of the molecule is CC(C)(C)SC1(CN)CCCCC1. The Kier molecular flexibility index (Phi) is 3.70. The molecule has 0 aromatic carbocycles. The van der Waals surface area contributed by atoms with Crippen LogP contribution in [0.4, 0.5) is 0 Å². The second-order valence-corrected chi connectivity index (χ2v) is 7.46. The van der Waals surface area contributed by atoms with Crippen molar-refractivity contribution >= 4 is 11.8 Å². The van der Waals surface area contributed by atoms with Crippen LogP contribution >= 0.6 is 11.8 Å². The number of nitrogens with two attached hydrogens (primary N) is 1. The van der Waals surface area contributed by atoms with Crippen molar-refractivity contribution in [1.29, 1.82) is 0 Å². The Morgan fingerprint density at radius 1 is 1.15 bits per heavy atom. The molecule has 0 unspecified atom stereocenters. The van der Waals surface area contributed by atoms with Gasteiger partial charge in [0.2, 0.25) is 0 Å². The molecule has 0 radical (unpaired) electrons. The summed E-state index contributed by atoms with van der Waals surface area (Å²) in [6.07, 6.45) is 6.81. The molecular weight excluding hydrogens is 178 g/mol. The van der Waals surface area contributed by atoms with Crippen LogP contribution in [0.25, 0.3) is 0 Å². The molecule has 0 saturated heterocycles. The van der Waals surface area contributed by atoms with E-state index < -0.39 is 0 Å². The van der Waals surface area contributed by atoms with Gasteiger partial charge in [0.05, 0.1) is 0 Å². The van der Waals surface area contributed by atoms with E-state index in [0.717, 1.165) is 6.54 Å². The highest BCUT2D eigenvalue weighted by atomic mass is 32.2. The zero-order chi connectivity index (χ0) is 9.95. The maximum atomic E-state index is 5.92. The molecule has 78 valence electrons. The zero-order valence-corrected chi connectivity index (χ0v) is 10.0. The Balaban J connectivity index is 2.57. The van der Waals surface area contributed by atoms with Crippen molar-refractivity contribution < 1.29 is 0 Å². The molecule has 0 aliphatic heterocycles. The van der Waals surface area contributed by atoms with E-state index in [4.69, 9.17) is 5.73 Å². The van der Waals surface area contributed by atoms with Crippen LogP contribution in [0.5, 0.6) is 0 Å². The molecule has 1 rings (SSSR count). The van der Waals surface area contributed by atoms with Crippen molar-refractivity contribution in [1.82, 2.24) is 0 Å². The van der Waals surface area contributed by atoms with Crippen molar-refractivity contribution in [2.24, 2.45) is 5.73 Å². The highest BCUT2D eigenvalue weighted by Crippen LogP contribution is 2.45. The molecule has 13 heavy (non-hydrogen) atoms. The van der Waals surface area contributed by atoms with Gasteiger partial charge in [-0.15, -0.1) is 11.8 Å². The summed E-state index contributed by atoms with van der Waals surface area (Å²) >= 11 is 2.10. The van der Waals surface area contributed by atoms with E-state index in [1.807, 2.05) is 0 Å². The van der Waals surface area contributed by atoms with Gasteiger partial charge in [-0.3, -0.25) is 0 Å². The zero-order valence-electron chi connectivity index (χ0n) is 9.23. The van der Waals surface area contributed by atoms with Crippen molar-refractivity contribution in [2.75, 3.05) is 6.54 Å². The summed E-state index contributed by atoms with van der Waals surface area (Å²) in [5.41, 5.74) is 5.92. The molecule has 0 heterocycles. The lowest BCUT2D eigenvalue weighted by Crippen LogP contribution is -2.39. The first kappa shape index (κ1) is 11.4. The molecule has 0 bridgehead atoms. The molecule has 0 amide bonds. The largest absolute Gasteiger partial charge is 0.329 e. The molecule has 0 spiro atoms. The van der Waals surface area contributed by atoms with Gasteiger partial charge in [-0.25, -0.2) is 0 Å². The fourth-order valence-corrected chi connectivity index (χ4v) is 4.07. The fourth-order valence-electron chi connectivity index (χ4n) is 2.19. The first-order valence-electron chi connectivity index (χ1n) is 5.38. The molecule has 1 nitrogen and oxygen atoms in total. The van der Waals surface area contributed by atoms with Crippen LogP contribution in [0, 0.1) is 0 Å². The van der Waals surface area contributed by atoms with Crippen molar-refractivity contribution in [3.8, 4) is 0 Å². The summed E-state index contributed by atoms with van der Waals surface area (Å²) in [5.74, 6) is 0. The molecule has 2 N–H and O–H groups in total. The minimum atomic E-state index is 0.358. The van der Waals surface area contributed by atoms with Gasteiger partial charge in [0.15, 0.2) is 0 Å². The van der Waals surface area contributed by atoms with E-state index in [2.05, 4.69) is 32.5 Å². The second-order valence-electron chi connectivity index (χ2n) is 5.16. The molecular formula is C11H23NS. The molecule has 0 aromatic rings. The molecule has 1 saturated carbocycles. The average molecular weight is 201 g/mol. The predicted molar refractivity (Wildman–Crippen MR) is 62.2 cm³/mol. The third kappa shape index (κ3) is 3.51. The van der Waals surface area contributed by atoms with E-state index in [9.17, 15) is 0 Å². The second kappa shape index (κ2) is 4.22. The Hall–Kier alpha value is 0.310. The van der Waals surface area contributed by atoms with Gasteiger partial charge in [0.1, 0.15) is 0 Å².